The van der Waals surface area contributed by atoms with Crippen molar-refractivity contribution in [2.24, 2.45) is 0 Å². The molecule has 0 saturated heterocycles. The molecule has 3 rings (SSSR count). The molecule has 5 nitrogen and oxygen atoms in total. The number of carbonyl (C=O) groups excluding carboxylic acids is 1. The van der Waals surface area contributed by atoms with Crippen molar-refractivity contribution in [1.82, 2.24) is 14.3 Å². The molecule has 24 heavy (non-hydrogen) atoms. The van der Waals surface area contributed by atoms with E-state index >= 15 is 0 Å². The van der Waals surface area contributed by atoms with Crippen molar-refractivity contribution in [3.63, 3.8) is 0 Å². The highest BCUT2D eigenvalue weighted by Gasteiger charge is 2.10. The second-order valence-corrected chi connectivity index (χ2v) is 8.03. The zero-order valence-corrected chi connectivity index (χ0v) is 15.6. The number of thioether (sulfide) groups is 2. The van der Waals surface area contributed by atoms with Crippen LogP contribution in [0.3, 0.4) is 0 Å². The number of benzene rings is 1. The van der Waals surface area contributed by atoms with E-state index in [1.165, 1.54) is 58.5 Å². The number of carbonyl (C=O) groups is 1. The van der Waals surface area contributed by atoms with Crippen molar-refractivity contribution in [2.45, 2.75) is 9.50 Å². The fourth-order valence-electron chi connectivity index (χ4n) is 1.71. The van der Waals surface area contributed by atoms with E-state index in [-0.39, 0.29) is 17.5 Å². The van der Waals surface area contributed by atoms with Crippen LogP contribution in [0.4, 0.5) is 9.52 Å². The lowest BCUT2D eigenvalue weighted by atomic mass is 10.2. The molecule has 0 fully saturated rings. The van der Waals surface area contributed by atoms with Gasteiger partial charge in [-0.3, -0.25) is 4.79 Å². The van der Waals surface area contributed by atoms with Gasteiger partial charge < -0.3 is 5.32 Å². The Morgan fingerprint density at radius 3 is 2.79 bits per heavy atom. The number of thiazole rings is 1. The van der Waals surface area contributed by atoms with Crippen molar-refractivity contribution in [3.05, 3.63) is 35.5 Å². The van der Waals surface area contributed by atoms with Crippen LogP contribution in [0.2, 0.25) is 0 Å². The third-order valence-electron chi connectivity index (χ3n) is 2.79. The number of nitrogens with zero attached hydrogens (tertiary/aromatic N) is 3. The molecule has 1 aromatic carbocycles. The Kier molecular flexibility index (Phi) is 5.82. The minimum atomic E-state index is -0.291. The summed E-state index contributed by atoms with van der Waals surface area (Å²) in [5, 5.41) is 5.81. The average molecular weight is 399 g/mol. The second-order valence-electron chi connectivity index (χ2n) is 4.43. The molecule has 0 aliphatic carbocycles. The maximum atomic E-state index is 12.9. The lowest BCUT2D eigenvalue weighted by Crippen LogP contribution is -2.13. The molecule has 1 N–H and O–H groups in total. The molecule has 10 heteroatoms. The highest BCUT2D eigenvalue weighted by Crippen LogP contribution is 2.26. The van der Waals surface area contributed by atoms with E-state index < -0.39 is 0 Å². The predicted octanol–water partition coefficient (Wildman–Crippen LogP) is 4.25. The lowest BCUT2D eigenvalue weighted by Gasteiger charge is -1.99. The molecule has 0 bridgehead atoms. The molecular formula is C14H11FN4OS4. The molecule has 0 aliphatic rings. The molecule has 3 aromatic rings. The summed E-state index contributed by atoms with van der Waals surface area (Å²) in [6.07, 6.45) is 1.91. The number of amides is 1. The lowest BCUT2D eigenvalue weighted by molar-refractivity contribution is -0.113. The van der Waals surface area contributed by atoms with Gasteiger partial charge in [0.2, 0.25) is 11.1 Å². The van der Waals surface area contributed by atoms with E-state index in [9.17, 15) is 9.18 Å². The van der Waals surface area contributed by atoms with Gasteiger partial charge in [0.05, 0.1) is 11.4 Å². The van der Waals surface area contributed by atoms with Gasteiger partial charge >= 0.3 is 0 Å². The van der Waals surface area contributed by atoms with Crippen LogP contribution in [-0.2, 0) is 4.79 Å². The summed E-state index contributed by atoms with van der Waals surface area (Å²) >= 11 is 5.43. The molecule has 0 unspecified atom stereocenters. The van der Waals surface area contributed by atoms with Crippen molar-refractivity contribution in [2.75, 3.05) is 17.3 Å². The summed E-state index contributed by atoms with van der Waals surface area (Å²) in [5.41, 5.74) is 1.51. The topological polar surface area (TPSA) is 67.8 Å². The second kappa shape index (κ2) is 8.06. The molecule has 0 spiro atoms. The molecule has 0 atom stereocenters. The molecule has 2 heterocycles. The van der Waals surface area contributed by atoms with E-state index in [1.54, 1.807) is 12.1 Å². The van der Waals surface area contributed by atoms with E-state index in [0.717, 1.165) is 9.90 Å². The van der Waals surface area contributed by atoms with Gasteiger partial charge in [0.1, 0.15) is 5.82 Å². The summed E-state index contributed by atoms with van der Waals surface area (Å²) in [7, 11) is 0. The first-order chi connectivity index (χ1) is 11.6. The van der Waals surface area contributed by atoms with Crippen LogP contribution in [-0.4, -0.2) is 32.3 Å². The largest absolute Gasteiger partial charge is 0.301 e. The zero-order chi connectivity index (χ0) is 16.9. The van der Waals surface area contributed by atoms with Crippen LogP contribution in [0.15, 0.2) is 39.1 Å². The summed E-state index contributed by atoms with van der Waals surface area (Å²) in [6, 6.07) is 6.08. The Hall–Kier alpha value is -1.49. The highest BCUT2D eigenvalue weighted by molar-refractivity contribution is 8.01. The average Bonchev–Trinajstić information content (AvgIpc) is 3.23. The summed E-state index contributed by atoms with van der Waals surface area (Å²) < 4.78 is 17.8. The molecule has 0 saturated carbocycles. The Labute approximate surface area is 154 Å². The number of rotatable bonds is 6. The van der Waals surface area contributed by atoms with Crippen LogP contribution < -0.4 is 5.32 Å². The van der Waals surface area contributed by atoms with E-state index in [1.807, 2.05) is 11.6 Å². The minimum Gasteiger partial charge on any atom is -0.301 e. The summed E-state index contributed by atoms with van der Waals surface area (Å²) in [4.78, 5) is 20.6. The maximum Gasteiger partial charge on any atom is 0.236 e. The molecule has 2 aromatic heterocycles. The summed E-state index contributed by atoms with van der Waals surface area (Å²) in [5.74, 6) is -0.198. The van der Waals surface area contributed by atoms with Gasteiger partial charge in [0.25, 0.3) is 0 Å². The molecule has 1 amide bonds. The van der Waals surface area contributed by atoms with E-state index in [4.69, 9.17) is 0 Å². The van der Waals surface area contributed by atoms with Crippen molar-refractivity contribution >= 4 is 57.4 Å². The van der Waals surface area contributed by atoms with Crippen LogP contribution in [0.25, 0.3) is 11.3 Å². The smallest absolute Gasteiger partial charge is 0.236 e. The first-order valence-corrected chi connectivity index (χ1v) is 10.5. The molecule has 0 aliphatic heterocycles. The number of hydrogen-bond acceptors (Lipinski definition) is 8. The number of halogens is 1. The van der Waals surface area contributed by atoms with Crippen molar-refractivity contribution in [3.8, 4) is 11.3 Å². The van der Waals surface area contributed by atoms with Gasteiger partial charge in [-0.15, -0.1) is 11.3 Å². The van der Waals surface area contributed by atoms with Gasteiger partial charge in [0.15, 0.2) is 9.47 Å². The number of hydrogen-bond donors (Lipinski definition) is 1. The van der Waals surface area contributed by atoms with Gasteiger partial charge in [-0.1, -0.05) is 23.5 Å². The Morgan fingerprint density at radius 2 is 2.08 bits per heavy atom. The quantitative estimate of drug-likeness (QED) is 0.626. The van der Waals surface area contributed by atoms with Gasteiger partial charge in [-0.2, -0.15) is 4.37 Å². The maximum absolute atomic E-state index is 12.9. The van der Waals surface area contributed by atoms with E-state index in [2.05, 4.69) is 19.7 Å². The third-order valence-corrected chi connectivity index (χ3v) is 6.04. The van der Waals surface area contributed by atoms with Gasteiger partial charge in [0, 0.05) is 10.9 Å². The Bertz CT molecular complexity index is 833. The predicted molar refractivity (Wildman–Crippen MR) is 98.6 cm³/mol. The van der Waals surface area contributed by atoms with Gasteiger partial charge in [-0.05, 0) is 42.1 Å². The fourth-order valence-corrected chi connectivity index (χ4v) is 4.45. The highest BCUT2D eigenvalue weighted by atomic mass is 32.2. The molecule has 0 radical (unpaired) electrons. The normalized spacial score (nSPS) is 10.8. The molecule has 124 valence electrons. The van der Waals surface area contributed by atoms with Crippen molar-refractivity contribution in [1.29, 1.82) is 0 Å². The summed E-state index contributed by atoms with van der Waals surface area (Å²) in [6.45, 7) is 0. The monoisotopic (exact) mass is 398 g/mol. The zero-order valence-electron chi connectivity index (χ0n) is 12.4. The van der Waals surface area contributed by atoms with Crippen LogP contribution in [0.1, 0.15) is 0 Å². The first kappa shape index (κ1) is 17.3. The first-order valence-electron chi connectivity index (χ1n) is 6.66. The van der Waals surface area contributed by atoms with Crippen LogP contribution in [0, 0.1) is 5.82 Å². The Balaban J connectivity index is 1.56. The van der Waals surface area contributed by atoms with Crippen LogP contribution in [0.5, 0.6) is 0 Å². The van der Waals surface area contributed by atoms with Crippen LogP contribution >= 0.6 is 46.4 Å². The minimum absolute atomic E-state index is 0.152. The standard InChI is InChI=1S/C14H11FN4OS4/c1-21-13-18-14(24-19-13)23-7-11(20)17-12-16-10(6-22-12)8-2-4-9(15)5-3-8/h2-6H,7H2,1H3,(H,16,17,20). The number of anilines is 1. The van der Waals surface area contributed by atoms with E-state index in [0.29, 0.717) is 16.0 Å². The molecular weight excluding hydrogens is 387 g/mol. The number of nitrogens with one attached hydrogen (secondary N) is 1. The SMILES string of the molecule is CSc1nsc(SCC(=O)Nc2nc(-c3ccc(F)cc3)cs2)n1. The van der Waals surface area contributed by atoms with Gasteiger partial charge in [-0.25, -0.2) is 14.4 Å². The fraction of sp³-hybridized carbons (Fsp3) is 0.143. The Morgan fingerprint density at radius 1 is 1.29 bits per heavy atom. The number of aromatic nitrogens is 3. The van der Waals surface area contributed by atoms with Crippen molar-refractivity contribution < 1.29 is 9.18 Å². The third kappa shape index (κ3) is 4.53.